The van der Waals surface area contributed by atoms with Gasteiger partial charge in [0.1, 0.15) is 6.54 Å². The van der Waals surface area contributed by atoms with Gasteiger partial charge in [-0.2, -0.15) is 0 Å². The standard InChI is InChI=1S/C30H38BrN3O2/c1-5-7-18-33(21-28-9-8-19-32(28)20-25-12-16-27(31)17-13-25)29(35)22-34(23(3)4)30(36)26-14-10-24(6-2)11-15-26/h8-17,19,23H,5-7,18,20-22H2,1-4H3. The average molecular weight is 553 g/mol. The van der Waals surface area contributed by atoms with E-state index in [0.29, 0.717) is 18.7 Å². The van der Waals surface area contributed by atoms with Crippen LogP contribution in [0.3, 0.4) is 0 Å². The smallest absolute Gasteiger partial charge is 0.254 e. The first-order valence-corrected chi connectivity index (χ1v) is 13.7. The summed E-state index contributed by atoms with van der Waals surface area (Å²) in [7, 11) is 0. The molecule has 0 aliphatic rings. The van der Waals surface area contributed by atoms with Crippen molar-refractivity contribution < 1.29 is 9.59 Å². The number of hydrogen-bond acceptors (Lipinski definition) is 2. The van der Waals surface area contributed by atoms with E-state index >= 15 is 0 Å². The van der Waals surface area contributed by atoms with E-state index in [0.717, 1.165) is 36.0 Å². The highest BCUT2D eigenvalue weighted by Gasteiger charge is 2.25. The molecule has 1 heterocycles. The molecule has 0 unspecified atom stereocenters. The zero-order chi connectivity index (χ0) is 26.1. The van der Waals surface area contributed by atoms with E-state index in [1.54, 1.807) is 4.90 Å². The van der Waals surface area contributed by atoms with E-state index in [2.05, 4.69) is 58.7 Å². The van der Waals surface area contributed by atoms with Crippen LogP contribution in [0.25, 0.3) is 0 Å². The number of benzene rings is 2. The van der Waals surface area contributed by atoms with Crippen LogP contribution in [0.15, 0.2) is 71.3 Å². The van der Waals surface area contributed by atoms with Gasteiger partial charge >= 0.3 is 0 Å². The normalized spacial score (nSPS) is 11.1. The largest absolute Gasteiger partial charge is 0.345 e. The summed E-state index contributed by atoms with van der Waals surface area (Å²) in [4.78, 5) is 30.4. The number of unbranched alkanes of at least 4 members (excludes halogenated alkanes) is 1. The van der Waals surface area contributed by atoms with E-state index in [9.17, 15) is 9.59 Å². The van der Waals surface area contributed by atoms with E-state index in [-0.39, 0.29) is 24.4 Å². The Morgan fingerprint density at radius 3 is 2.22 bits per heavy atom. The van der Waals surface area contributed by atoms with E-state index in [4.69, 9.17) is 0 Å². The van der Waals surface area contributed by atoms with Gasteiger partial charge in [-0.1, -0.05) is 60.5 Å². The number of aryl methyl sites for hydroxylation is 1. The van der Waals surface area contributed by atoms with Gasteiger partial charge in [0.05, 0.1) is 6.54 Å². The average Bonchev–Trinajstić information content (AvgIpc) is 3.32. The Morgan fingerprint density at radius 2 is 1.61 bits per heavy atom. The quantitative estimate of drug-likeness (QED) is 0.256. The van der Waals surface area contributed by atoms with Crippen molar-refractivity contribution >= 4 is 27.7 Å². The van der Waals surface area contributed by atoms with Gasteiger partial charge in [0, 0.05) is 41.1 Å². The third-order valence-electron chi connectivity index (χ3n) is 6.48. The molecule has 192 valence electrons. The molecule has 0 atom stereocenters. The van der Waals surface area contributed by atoms with E-state index < -0.39 is 0 Å². The molecular weight excluding hydrogens is 514 g/mol. The molecule has 1 aromatic heterocycles. The Hall–Kier alpha value is -2.86. The number of carbonyl (C=O) groups excluding carboxylic acids is 2. The lowest BCUT2D eigenvalue weighted by atomic mass is 10.1. The van der Waals surface area contributed by atoms with Crippen LogP contribution in [0.4, 0.5) is 0 Å². The van der Waals surface area contributed by atoms with Crippen LogP contribution in [0.2, 0.25) is 0 Å². The van der Waals surface area contributed by atoms with Crippen molar-refractivity contribution in [1.82, 2.24) is 14.4 Å². The SMILES string of the molecule is CCCCN(Cc1cccn1Cc1ccc(Br)cc1)C(=O)CN(C(=O)c1ccc(CC)cc1)C(C)C. The predicted octanol–water partition coefficient (Wildman–Crippen LogP) is 6.54. The number of halogens is 1. The molecule has 2 amide bonds. The van der Waals surface area contributed by atoms with Gasteiger partial charge in [0.2, 0.25) is 5.91 Å². The molecule has 0 aliphatic heterocycles. The summed E-state index contributed by atoms with van der Waals surface area (Å²) in [5.41, 5.74) is 4.10. The van der Waals surface area contributed by atoms with Crippen LogP contribution in [-0.2, 0) is 24.3 Å². The molecule has 0 spiro atoms. The van der Waals surface area contributed by atoms with Gasteiger partial charge in [-0.25, -0.2) is 0 Å². The Morgan fingerprint density at radius 1 is 0.944 bits per heavy atom. The molecule has 5 nitrogen and oxygen atoms in total. The first kappa shape index (κ1) is 27.7. The maximum absolute atomic E-state index is 13.6. The monoisotopic (exact) mass is 551 g/mol. The van der Waals surface area contributed by atoms with Crippen molar-refractivity contribution in [2.75, 3.05) is 13.1 Å². The van der Waals surface area contributed by atoms with Crippen molar-refractivity contribution in [3.8, 4) is 0 Å². The highest BCUT2D eigenvalue weighted by molar-refractivity contribution is 9.10. The zero-order valence-corrected chi connectivity index (χ0v) is 23.5. The Kier molecular flexibility index (Phi) is 10.4. The predicted molar refractivity (Wildman–Crippen MR) is 150 cm³/mol. The second-order valence-corrected chi connectivity index (χ2v) is 10.4. The summed E-state index contributed by atoms with van der Waals surface area (Å²) in [6.45, 7) is 10.2. The fraction of sp³-hybridized carbons (Fsp3) is 0.400. The molecule has 0 bridgehead atoms. The van der Waals surface area contributed by atoms with Crippen LogP contribution >= 0.6 is 15.9 Å². The minimum Gasteiger partial charge on any atom is -0.345 e. The highest BCUT2D eigenvalue weighted by atomic mass is 79.9. The first-order valence-electron chi connectivity index (χ1n) is 12.9. The maximum Gasteiger partial charge on any atom is 0.254 e. The first-order chi connectivity index (χ1) is 17.3. The minimum absolute atomic E-state index is 0.0212. The fourth-order valence-corrected chi connectivity index (χ4v) is 4.42. The molecule has 0 saturated carbocycles. The summed E-state index contributed by atoms with van der Waals surface area (Å²) in [5, 5.41) is 0. The van der Waals surface area contributed by atoms with Crippen LogP contribution in [0.1, 0.15) is 67.7 Å². The van der Waals surface area contributed by atoms with Gasteiger partial charge in [0.25, 0.3) is 5.91 Å². The number of rotatable bonds is 12. The van der Waals surface area contributed by atoms with Gasteiger partial charge in [0.15, 0.2) is 0 Å². The lowest BCUT2D eigenvalue weighted by Gasteiger charge is -2.30. The third-order valence-corrected chi connectivity index (χ3v) is 7.00. The summed E-state index contributed by atoms with van der Waals surface area (Å²) >= 11 is 3.49. The topological polar surface area (TPSA) is 45.6 Å². The van der Waals surface area contributed by atoms with Crippen LogP contribution in [-0.4, -0.2) is 45.3 Å². The molecule has 36 heavy (non-hydrogen) atoms. The number of amides is 2. The molecule has 0 fully saturated rings. The van der Waals surface area contributed by atoms with Crippen LogP contribution < -0.4 is 0 Å². The van der Waals surface area contributed by atoms with Gasteiger partial charge in [-0.3, -0.25) is 9.59 Å². The molecular formula is C30H38BrN3O2. The maximum atomic E-state index is 13.6. The van der Waals surface area contributed by atoms with Crippen molar-refractivity contribution in [3.63, 3.8) is 0 Å². The van der Waals surface area contributed by atoms with Crippen molar-refractivity contribution in [3.05, 3.63) is 93.7 Å². The van der Waals surface area contributed by atoms with E-state index in [1.165, 1.54) is 11.1 Å². The van der Waals surface area contributed by atoms with Gasteiger partial charge in [-0.15, -0.1) is 0 Å². The molecule has 6 heteroatoms. The Bertz CT molecular complexity index is 1120. The van der Waals surface area contributed by atoms with Gasteiger partial charge < -0.3 is 14.4 Å². The van der Waals surface area contributed by atoms with Crippen molar-refractivity contribution in [2.45, 2.75) is 66.1 Å². The molecule has 2 aromatic carbocycles. The summed E-state index contributed by atoms with van der Waals surface area (Å²) < 4.78 is 3.25. The lowest BCUT2D eigenvalue weighted by Crippen LogP contribution is -2.46. The van der Waals surface area contributed by atoms with E-state index in [1.807, 2.05) is 61.2 Å². The zero-order valence-electron chi connectivity index (χ0n) is 21.9. The Balaban J connectivity index is 1.75. The number of hydrogen-bond donors (Lipinski definition) is 0. The summed E-state index contributed by atoms with van der Waals surface area (Å²) in [6.07, 6.45) is 4.91. The second-order valence-electron chi connectivity index (χ2n) is 9.50. The van der Waals surface area contributed by atoms with Crippen molar-refractivity contribution in [1.29, 1.82) is 0 Å². The third kappa shape index (κ3) is 7.57. The number of nitrogens with zero attached hydrogens (tertiary/aromatic N) is 3. The second kappa shape index (κ2) is 13.4. The molecule has 0 saturated heterocycles. The molecule has 0 aliphatic carbocycles. The molecule has 0 N–H and O–H groups in total. The lowest BCUT2D eigenvalue weighted by molar-refractivity contribution is -0.133. The Labute approximate surface area is 224 Å². The fourth-order valence-electron chi connectivity index (χ4n) is 4.15. The minimum atomic E-state index is -0.102. The van der Waals surface area contributed by atoms with Crippen LogP contribution in [0, 0.1) is 0 Å². The molecule has 3 rings (SSSR count). The van der Waals surface area contributed by atoms with Gasteiger partial charge in [-0.05, 0) is 74.2 Å². The summed E-state index contributed by atoms with van der Waals surface area (Å²) in [5.74, 6) is -0.123. The highest BCUT2D eigenvalue weighted by Crippen LogP contribution is 2.16. The molecule has 3 aromatic rings. The van der Waals surface area contributed by atoms with Crippen molar-refractivity contribution in [2.24, 2.45) is 0 Å². The number of carbonyl (C=O) groups is 2. The molecule has 0 radical (unpaired) electrons. The van der Waals surface area contributed by atoms with Crippen LogP contribution in [0.5, 0.6) is 0 Å². The number of aromatic nitrogens is 1. The summed E-state index contributed by atoms with van der Waals surface area (Å²) in [6, 6.07) is 20.0.